The summed E-state index contributed by atoms with van der Waals surface area (Å²) in [7, 11) is 0. The van der Waals surface area contributed by atoms with Gasteiger partial charge in [0.2, 0.25) is 5.91 Å². The third-order valence-corrected chi connectivity index (χ3v) is 4.27. The van der Waals surface area contributed by atoms with Crippen LogP contribution in [0.5, 0.6) is 11.5 Å². The van der Waals surface area contributed by atoms with Crippen molar-refractivity contribution in [3.63, 3.8) is 0 Å². The van der Waals surface area contributed by atoms with Gasteiger partial charge in [0.25, 0.3) is 5.91 Å². The first-order chi connectivity index (χ1) is 12.5. The summed E-state index contributed by atoms with van der Waals surface area (Å²) in [5.41, 5.74) is 3.62. The third kappa shape index (κ3) is 4.33. The highest BCUT2D eigenvalue weighted by Gasteiger charge is 2.12. The Hall–Kier alpha value is -3.02. The Kier molecular flexibility index (Phi) is 5.41. The van der Waals surface area contributed by atoms with Gasteiger partial charge in [0.1, 0.15) is 13.2 Å². The van der Waals surface area contributed by atoms with Gasteiger partial charge in [-0.15, -0.1) is 0 Å². The summed E-state index contributed by atoms with van der Waals surface area (Å²) < 4.78 is 11.0. The zero-order chi connectivity index (χ0) is 18.5. The number of benzene rings is 2. The maximum Gasteiger partial charge on any atom is 0.251 e. The van der Waals surface area contributed by atoms with Crippen molar-refractivity contribution in [2.24, 2.45) is 0 Å². The summed E-state index contributed by atoms with van der Waals surface area (Å²) in [6, 6.07) is 11.0. The molecule has 2 amide bonds. The van der Waals surface area contributed by atoms with E-state index in [1.807, 2.05) is 44.2 Å². The third-order valence-electron chi connectivity index (χ3n) is 4.27. The van der Waals surface area contributed by atoms with Crippen molar-refractivity contribution in [2.45, 2.75) is 20.4 Å². The van der Waals surface area contributed by atoms with Gasteiger partial charge in [0.05, 0.1) is 6.54 Å². The van der Waals surface area contributed by atoms with E-state index in [1.165, 1.54) is 0 Å². The van der Waals surface area contributed by atoms with Gasteiger partial charge in [-0.3, -0.25) is 9.59 Å². The highest BCUT2D eigenvalue weighted by Crippen LogP contribution is 2.30. The van der Waals surface area contributed by atoms with Gasteiger partial charge in [0, 0.05) is 12.1 Å². The molecule has 0 fully saturated rings. The summed E-state index contributed by atoms with van der Waals surface area (Å²) in [6.45, 7) is 5.29. The molecule has 0 saturated heterocycles. The van der Waals surface area contributed by atoms with E-state index < -0.39 is 0 Å². The van der Waals surface area contributed by atoms with E-state index in [4.69, 9.17) is 9.47 Å². The van der Waals surface area contributed by atoms with Gasteiger partial charge in [-0.2, -0.15) is 0 Å². The van der Waals surface area contributed by atoms with Gasteiger partial charge >= 0.3 is 0 Å². The number of hydrogen-bond acceptors (Lipinski definition) is 4. The van der Waals surface area contributed by atoms with Crippen molar-refractivity contribution in [1.29, 1.82) is 0 Å². The van der Waals surface area contributed by atoms with Crippen LogP contribution in [0.25, 0.3) is 0 Å². The number of carbonyl (C=O) groups is 2. The molecular weight excluding hydrogens is 332 g/mol. The van der Waals surface area contributed by atoms with Crippen molar-refractivity contribution in [2.75, 3.05) is 19.8 Å². The molecule has 1 aliphatic heterocycles. The van der Waals surface area contributed by atoms with Crippen molar-refractivity contribution in [3.8, 4) is 11.5 Å². The standard InChI is InChI=1S/C20H22N2O4/c1-13-3-5-16(9-14(13)2)20(24)22-12-19(23)21-11-15-4-6-17-18(10-15)26-8-7-25-17/h3-6,9-10H,7-8,11-12H2,1-2H3,(H,21,23)(H,22,24). The van der Waals surface area contributed by atoms with Crippen molar-refractivity contribution in [1.82, 2.24) is 10.6 Å². The van der Waals surface area contributed by atoms with E-state index >= 15 is 0 Å². The number of rotatable bonds is 5. The average molecular weight is 354 g/mol. The average Bonchev–Trinajstić information content (AvgIpc) is 2.66. The predicted octanol–water partition coefficient (Wildman–Crippen LogP) is 2.12. The summed E-state index contributed by atoms with van der Waals surface area (Å²) >= 11 is 0. The summed E-state index contributed by atoms with van der Waals surface area (Å²) in [5.74, 6) is 0.887. The molecule has 0 bridgehead atoms. The van der Waals surface area contributed by atoms with Crippen LogP contribution >= 0.6 is 0 Å². The Morgan fingerprint density at radius 1 is 0.923 bits per heavy atom. The Labute approximate surface area is 152 Å². The molecule has 1 aliphatic rings. The predicted molar refractivity (Wildman–Crippen MR) is 97.5 cm³/mol. The highest BCUT2D eigenvalue weighted by atomic mass is 16.6. The van der Waals surface area contributed by atoms with Crippen LogP contribution in [0.4, 0.5) is 0 Å². The SMILES string of the molecule is Cc1ccc(C(=O)NCC(=O)NCc2ccc3c(c2)OCCO3)cc1C. The quantitative estimate of drug-likeness (QED) is 0.862. The van der Waals surface area contributed by atoms with Crippen molar-refractivity contribution >= 4 is 11.8 Å². The second kappa shape index (κ2) is 7.91. The number of carbonyl (C=O) groups excluding carboxylic acids is 2. The fraction of sp³-hybridized carbons (Fsp3) is 0.300. The molecule has 26 heavy (non-hydrogen) atoms. The number of ether oxygens (including phenoxy) is 2. The molecule has 0 atom stereocenters. The van der Waals surface area contributed by atoms with Gasteiger partial charge in [-0.05, 0) is 54.8 Å². The molecule has 0 radical (unpaired) electrons. The number of hydrogen-bond donors (Lipinski definition) is 2. The zero-order valence-corrected chi connectivity index (χ0v) is 14.9. The number of amides is 2. The lowest BCUT2D eigenvalue weighted by Crippen LogP contribution is -2.36. The molecule has 0 spiro atoms. The highest BCUT2D eigenvalue weighted by molar-refractivity contribution is 5.96. The molecule has 2 aromatic carbocycles. The Balaban J connectivity index is 1.48. The minimum absolute atomic E-state index is 0.0731. The summed E-state index contributed by atoms with van der Waals surface area (Å²) in [5, 5.41) is 5.42. The van der Waals surface area contributed by atoms with Gasteiger partial charge in [-0.1, -0.05) is 12.1 Å². The first-order valence-corrected chi connectivity index (χ1v) is 8.53. The Morgan fingerprint density at radius 2 is 1.69 bits per heavy atom. The van der Waals surface area contributed by atoms with Crippen LogP contribution < -0.4 is 20.1 Å². The molecule has 0 saturated carbocycles. The first kappa shape index (κ1) is 17.8. The topological polar surface area (TPSA) is 76.7 Å². The van der Waals surface area contributed by atoms with Gasteiger partial charge in [-0.25, -0.2) is 0 Å². The Morgan fingerprint density at radius 3 is 2.46 bits per heavy atom. The minimum atomic E-state index is -0.262. The van der Waals surface area contributed by atoms with Crippen LogP contribution in [0.15, 0.2) is 36.4 Å². The van der Waals surface area contributed by atoms with Crippen molar-refractivity contribution in [3.05, 3.63) is 58.7 Å². The van der Waals surface area contributed by atoms with E-state index in [0.717, 1.165) is 16.7 Å². The largest absolute Gasteiger partial charge is 0.486 e. The van der Waals surface area contributed by atoms with Crippen LogP contribution in [0.3, 0.4) is 0 Å². The first-order valence-electron chi connectivity index (χ1n) is 8.53. The summed E-state index contributed by atoms with van der Waals surface area (Å²) in [4.78, 5) is 24.1. The second-order valence-electron chi connectivity index (χ2n) is 6.24. The normalized spacial score (nSPS) is 12.4. The fourth-order valence-corrected chi connectivity index (χ4v) is 2.61. The lowest BCUT2D eigenvalue weighted by Gasteiger charge is -2.19. The monoisotopic (exact) mass is 354 g/mol. The molecular formula is C20H22N2O4. The van der Waals surface area contributed by atoms with Crippen LogP contribution in [-0.2, 0) is 11.3 Å². The number of fused-ring (bicyclic) bond motifs is 1. The Bertz CT molecular complexity index is 833. The maximum atomic E-state index is 12.1. The van der Waals surface area contributed by atoms with E-state index in [0.29, 0.717) is 36.8 Å². The molecule has 6 heteroatoms. The molecule has 2 aromatic rings. The van der Waals surface area contributed by atoms with Gasteiger partial charge in [0.15, 0.2) is 11.5 Å². The minimum Gasteiger partial charge on any atom is -0.486 e. The van der Waals surface area contributed by atoms with E-state index in [9.17, 15) is 9.59 Å². The maximum absolute atomic E-state index is 12.1. The van der Waals surface area contributed by atoms with Crippen LogP contribution in [0.1, 0.15) is 27.0 Å². The van der Waals surface area contributed by atoms with E-state index in [2.05, 4.69) is 10.6 Å². The lowest BCUT2D eigenvalue weighted by molar-refractivity contribution is -0.120. The molecule has 3 rings (SSSR count). The molecule has 0 unspecified atom stereocenters. The molecule has 2 N–H and O–H groups in total. The fourth-order valence-electron chi connectivity index (χ4n) is 2.61. The van der Waals surface area contributed by atoms with E-state index in [1.54, 1.807) is 6.07 Å². The zero-order valence-electron chi connectivity index (χ0n) is 14.9. The molecule has 6 nitrogen and oxygen atoms in total. The van der Waals surface area contributed by atoms with Crippen LogP contribution in [0.2, 0.25) is 0 Å². The number of aryl methyl sites for hydroxylation is 2. The molecule has 136 valence electrons. The second-order valence-corrected chi connectivity index (χ2v) is 6.24. The van der Waals surface area contributed by atoms with E-state index in [-0.39, 0.29) is 18.4 Å². The molecule has 0 aromatic heterocycles. The van der Waals surface area contributed by atoms with Crippen LogP contribution in [-0.4, -0.2) is 31.6 Å². The molecule has 0 aliphatic carbocycles. The van der Waals surface area contributed by atoms with Gasteiger partial charge < -0.3 is 20.1 Å². The van der Waals surface area contributed by atoms with Crippen molar-refractivity contribution < 1.29 is 19.1 Å². The number of nitrogens with one attached hydrogen (secondary N) is 2. The smallest absolute Gasteiger partial charge is 0.251 e. The van der Waals surface area contributed by atoms with Crippen LogP contribution in [0, 0.1) is 13.8 Å². The summed E-state index contributed by atoms with van der Waals surface area (Å²) in [6.07, 6.45) is 0. The lowest BCUT2D eigenvalue weighted by atomic mass is 10.1. The molecule has 1 heterocycles.